The van der Waals surface area contributed by atoms with Gasteiger partial charge >= 0.3 is 5.97 Å². The molecule has 0 radical (unpaired) electrons. The zero-order valence-corrected chi connectivity index (χ0v) is 38.5. The Kier molecular flexibility index (Phi) is 23.1. The minimum absolute atomic E-state index is 0.0952. The van der Waals surface area contributed by atoms with Gasteiger partial charge < -0.3 is 109 Å². The molecular weight excluding hydrogens is 920 g/mol. The molecule has 0 aromatic rings. The van der Waals surface area contributed by atoms with Crippen molar-refractivity contribution in [1.82, 2.24) is 0 Å². The molecule has 0 aliphatic carbocycles. The summed E-state index contributed by atoms with van der Waals surface area (Å²) in [6.45, 7) is 8.32. The second-order valence-electron chi connectivity index (χ2n) is 17.0. The fourth-order valence-electron chi connectivity index (χ4n) is 7.03. The van der Waals surface area contributed by atoms with Crippen molar-refractivity contribution in [3.05, 3.63) is 95.2 Å². The molecule has 0 amide bonds. The van der Waals surface area contributed by atoms with Crippen molar-refractivity contribution in [2.75, 3.05) is 33.0 Å². The molecule has 4 saturated heterocycles. The second kappa shape index (κ2) is 27.4. The summed E-state index contributed by atoms with van der Waals surface area (Å²) in [4.78, 5) is 12.8. The fraction of sp³-hybridized carbons (Fsp3) is 0.630. The predicted molar refractivity (Wildman–Crippen MR) is 236 cm³/mol. The van der Waals surface area contributed by atoms with Crippen LogP contribution in [-0.4, -0.2) is 233 Å². The highest BCUT2D eigenvalue weighted by molar-refractivity contribution is 5.88. The van der Waals surface area contributed by atoms with Gasteiger partial charge in [-0.2, -0.15) is 0 Å². The molecule has 0 aromatic heterocycles. The van der Waals surface area contributed by atoms with E-state index in [1.54, 1.807) is 37.3 Å². The van der Waals surface area contributed by atoms with Gasteiger partial charge in [-0.3, -0.25) is 0 Å². The molecule has 20 atom stereocenters. The average Bonchev–Trinajstić information content (AvgIpc) is 3.33. The van der Waals surface area contributed by atoms with Gasteiger partial charge in [0.1, 0.15) is 97.7 Å². The maximum Gasteiger partial charge on any atom is 0.336 e. The highest BCUT2D eigenvalue weighted by atomic mass is 16.7. The second-order valence-corrected chi connectivity index (χ2v) is 17.0. The Balaban J connectivity index is 1.21. The SMILES string of the molecule is C=C(CO[C@@H]1O[C@H](CO[C@@H]2O[C@H](CO)[C@@H](O)[C@H](O)[C@H]2O)[C@@H](O)[C@H](O)[C@H]1O)C(C)=CC=CC(C)=C/C=C/C=C(C)/C=C/C=C(\C)C(=O)O[C@@H]1O[C@H](CO[C@@H]2O[C@H](CO)[C@@H](O)[C@H](O)[C@H]2O)[C@@H](O)[C@H](O)[C@H]1O. The van der Waals surface area contributed by atoms with Crippen molar-refractivity contribution in [1.29, 1.82) is 0 Å². The molecule has 4 heterocycles. The molecule has 0 aromatic carbocycles. The Labute approximate surface area is 398 Å². The lowest BCUT2D eigenvalue weighted by atomic mass is 9.98. The van der Waals surface area contributed by atoms with Crippen molar-refractivity contribution in [2.45, 2.75) is 151 Å². The first-order valence-electron chi connectivity index (χ1n) is 22.1. The lowest BCUT2D eigenvalue weighted by Gasteiger charge is -2.42. The van der Waals surface area contributed by atoms with Crippen LogP contribution in [0.15, 0.2) is 95.2 Å². The number of carbonyl (C=O) groups excluding carboxylic acids is 1. The molecule has 0 saturated carbocycles. The molecule has 0 spiro atoms. The van der Waals surface area contributed by atoms with E-state index in [0.717, 1.165) is 16.7 Å². The number of aliphatic hydroxyl groups excluding tert-OH is 14. The smallest absolute Gasteiger partial charge is 0.336 e. The van der Waals surface area contributed by atoms with Crippen LogP contribution in [0.25, 0.3) is 0 Å². The standard InChI is InChI=1S/C46H68O23/c1-21(12-8-14-23(3)25(5)18-62-43-40(59)36(55)32(51)28(67-43)19-63-44-38(57)34(53)30(49)26(16-47)65-44)10-6-7-11-22(2)13-9-15-24(4)42(61)69-46-41(60)37(56)33(52)29(68-46)20-64-45-39(58)35(54)31(50)27(17-48)66-45/h6-15,26-41,43-60H,5,16-20H2,1-4H3/b7-6+,12-8?,13-9+,21-10?,22-11+,23-14?,24-15+/t26-,27-,28-,29-,30-,31-,32-,33-,34+,35+,36+,37+,38-,39-,40-,41-,43-,44-,45-,46+/m1/s1. The molecule has 390 valence electrons. The van der Waals surface area contributed by atoms with E-state index in [2.05, 4.69) is 6.58 Å². The monoisotopic (exact) mass is 988 g/mol. The van der Waals surface area contributed by atoms with Crippen LogP contribution in [0.2, 0.25) is 0 Å². The molecule has 0 unspecified atom stereocenters. The molecule has 23 heteroatoms. The van der Waals surface area contributed by atoms with E-state index in [9.17, 15) is 76.3 Å². The zero-order valence-electron chi connectivity index (χ0n) is 38.5. The Morgan fingerprint density at radius 2 is 0.797 bits per heavy atom. The van der Waals surface area contributed by atoms with Crippen LogP contribution in [-0.2, 0) is 42.7 Å². The third kappa shape index (κ3) is 15.8. The van der Waals surface area contributed by atoms with Crippen molar-refractivity contribution in [3.63, 3.8) is 0 Å². The van der Waals surface area contributed by atoms with Gasteiger partial charge in [0.15, 0.2) is 18.9 Å². The third-order valence-electron chi connectivity index (χ3n) is 11.6. The minimum Gasteiger partial charge on any atom is -0.429 e. The highest BCUT2D eigenvalue weighted by Gasteiger charge is 2.50. The van der Waals surface area contributed by atoms with Crippen LogP contribution in [0.1, 0.15) is 27.7 Å². The Bertz CT molecular complexity index is 1880. The quantitative estimate of drug-likeness (QED) is 0.0312. The van der Waals surface area contributed by atoms with E-state index in [1.807, 2.05) is 38.2 Å². The predicted octanol–water partition coefficient (Wildman–Crippen LogP) is -4.20. The van der Waals surface area contributed by atoms with E-state index in [0.29, 0.717) is 5.57 Å². The first kappa shape index (κ1) is 58.1. The van der Waals surface area contributed by atoms with Gasteiger partial charge in [0, 0.05) is 5.57 Å². The summed E-state index contributed by atoms with van der Waals surface area (Å²) in [5.74, 6) is -0.911. The molecule has 23 nitrogen and oxygen atoms in total. The summed E-state index contributed by atoms with van der Waals surface area (Å²) in [5.41, 5.74) is 3.02. The summed E-state index contributed by atoms with van der Waals surface area (Å²) in [5, 5.41) is 142. The van der Waals surface area contributed by atoms with Gasteiger partial charge in [0.2, 0.25) is 6.29 Å². The summed E-state index contributed by atoms with van der Waals surface area (Å²) in [6.07, 6.45) is -14.5. The number of rotatable bonds is 20. The third-order valence-corrected chi connectivity index (χ3v) is 11.6. The number of esters is 1. The van der Waals surface area contributed by atoms with Crippen molar-refractivity contribution in [2.24, 2.45) is 0 Å². The van der Waals surface area contributed by atoms with E-state index < -0.39 is 155 Å². The number of allylic oxidation sites excluding steroid dienone is 12. The summed E-state index contributed by atoms with van der Waals surface area (Å²) in [6, 6.07) is 0. The van der Waals surface area contributed by atoms with Crippen LogP contribution in [0.4, 0.5) is 0 Å². The molecule has 4 rings (SSSR count). The Morgan fingerprint density at radius 3 is 1.22 bits per heavy atom. The van der Waals surface area contributed by atoms with Gasteiger partial charge in [0.05, 0.1) is 33.0 Å². The van der Waals surface area contributed by atoms with Crippen LogP contribution in [0, 0.1) is 0 Å². The van der Waals surface area contributed by atoms with E-state index in [-0.39, 0.29) is 12.2 Å². The minimum atomic E-state index is -1.84. The molecule has 4 fully saturated rings. The maximum absolute atomic E-state index is 12.8. The van der Waals surface area contributed by atoms with Gasteiger partial charge in [-0.15, -0.1) is 0 Å². The topological polar surface area (TPSA) is 374 Å². The first-order valence-corrected chi connectivity index (χ1v) is 22.1. The van der Waals surface area contributed by atoms with E-state index >= 15 is 0 Å². The van der Waals surface area contributed by atoms with Crippen LogP contribution < -0.4 is 0 Å². The zero-order chi connectivity index (χ0) is 51.3. The van der Waals surface area contributed by atoms with Crippen molar-refractivity contribution < 1.29 is 114 Å². The molecular formula is C46H68O23. The number of hydrogen-bond donors (Lipinski definition) is 14. The number of hydrogen-bond acceptors (Lipinski definition) is 23. The van der Waals surface area contributed by atoms with Gasteiger partial charge in [-0.1, -0.05) is 78.5 Å². The maximum atomic E-state index is 12.8. The summed E-state index contributed by atoms with van der Waals surface area (Å²) < 4.78 is 43.5. The molecule has 69 heavy (non-hydrogen) atoms. The molecule has 4 aliphatic heterocycles. The van der Waals surface area contributed by atoms with Crippen LogP contribution in [0.5, 0.6) is 0 Å². The van der Waals surface area contributed by atoms with Crippen LogP contribution >= 0.6 is 0 Å². The van der Waals surface area contributed by atoms with Crippen molar-refractivity contribution >= 4 is 5.97 Å². The lowest BCUT2D eigenvalue weighted by molar-refractivity contribution is -0.330. The fourth-order valence-corrected chi connectivity index (χ4v) is 7.03. The average molecular weight is 989 g/mol. The van der Waals surface area contributed by atoms with Crippen molar-refractivity contribution in [3.8, 4) is 0 Å². The Morgan fingerprint density at radius 1 is 0.449 bits per heavy atom. The molecule has 14 N–H and O–H groups in total. The molecule has 0 bridgehead atoms. The number of carbonyl (C=O) groups is 1. The van der Waals surface area contributed by atoms with E-state index in [4.69, 9.17) is 37.9 Å². The summed E-state index contributed by atoms with van der Waals surface area (Å²) >= 11 is 0. The normalized spacial score (nSPS) is 40.0. The lowest BCUT2D eigenvalue weighted by Crippen LogP contribution is -2.61. The first-order chi connectivity index (χ1) is 32.6. The number of aliphatic hydroxyl groups is 14. The Hall–Kier alpha value is -3.45. The van der Waals surface area contributed by atoms with Crippen LogP contribution in [0.3, 0.4) is 0 Å². The molecule has 4 aliphatic rings. The van der Waals surface area contributed by atoms with E-state index in [1.165, 1.54) is 13.0 Å². The number of ether oxygens (including phenoxy) is 8. The van der Waals surface area contributed by atoms with Gasteiger partial charge in [0.25, 0.3) is 0 Å². The summed E-state index contributed by atoms with van der Waals surface area (Å²) in [7, 11) is 0. The highest BCUT2D eigenvalue weighted by Crippen LogP contribution is 2.29. The van der Waals surface area contributed by atoms with Gasteiger partial charge in [-0.25, -0.2) is 4.79 Å². The largest absolute Gasteiger partial charge is 0.429 e. The van der Waals surface area contributed by atoms with Gasteiger partial charge in [-0.05, 0) is 38.8 Å².